The molecule has 0 amide bonds. The highest BCUT2D eigenvalue weighted by molar-refractivity contribution is 7.91. The van der Waals surface area contributed by atoms with Crippen LogP contribution in [0.3, 0.4) is 0 Å². The lowest BCUT2D eigenvalue weighted by atomic mass is 10.1. The van der Waals surface area contributed by atoms with Gasteiger partial charge in [0.15, 0.2) is 9.84 Å². The number of anilines is 1. The Morgan fingerprint density at radius 1 is 1.24 bits per heavy atom. The maximum absolute atomic E-state index is 12.5. The molecular weight excluding hydrogens is 312 g/mol. The van der Waals surface area contributed by atoms with Crippen molar-refractivity contribution in [2.75, 3.05) is 17.2 Å². The highest BCUT2D eigenvalue weighted by atomic mass is 32.2. The summed E-state index contributed by atoms with van der Waals surface area (Å²) in [6.45, 7) is 3.40. The molecule has 1 heterocycles. The molecule has 1 fully saturated rings. The Hall–Kier alpha value is -1.12. The van der Waals surface area contributed by atoms with E-state index in [-0.39, 0.29) is 22.1 Å². The Labute approximate surface area is 125 Å². The summed E-state index contributed by atoms with van der Waals surface area (Å²) in [6, 6.07) is 2.86. The molecule has 1 aromatic carbocycles. The first-order valence-corrected chi connectivity index (χ1v) is 10.0. The monoisotopic (exact) mass is 332 g/mol. The van der Waals surface area contributed by atoms with Gasteiger partial charge in [0, 0.05) is 6.04 Å². The Bertz CT molecular complexity index is 755. The number of nitrogens with two attached hydrogens (primary N) is 1. The van der Waals surface area contributed by atoms with Gasteiger partial charge < -0.3 is 5.73 Å². The molecule has 0 aliphatic carbocycles. The highest BCUT2D eigenvalue weighted by Gasteiger charge is 2.30. The van der Waals surface area contributed by atoms with Crippen molar-refractivity contribution in [2.24, 2.45) is 0 Å². The van der Waals surface area contributed by atoms with Crippen molar-refractivity contribution in [1.29, 1.82) is 0 Å². The SMILES string of the molecule is Cc1ccc(C)c(S(=O)(=O)NC2CCCS(=O)(=O)C2)c1N. The number of sulfone groups is 1. The Kier molecular flexibility index (Phi) is 4.32. The lowest BCUT2D eigenvalue weighted by Gasteiger charge is -2.24. The molecule has 1 aliphatic rings. The van der Waals surface area contributed by atoms with Crippen molar-refractivity contribution in [2.45, 2.75) is 37.6 Å². The van der Waals surface area contributed by atoms with Crippen LogP contribution in [0, 0.1) is 13.8 Å². The number of sulfonamides is 1. The van der Waals surface area contributed by atoms with Gasteiger partial charge in [-0.25, -0.2) is 21.6 Å². The topological polar surface area (TPSA) is 106 Å². The molecule has 1 aliphatic heterocycles. The summed E-state index contributed by atoms with van der Waals surface area (Å²) in [6.07, 6.45) is 0.987. The van der Waals surface area contributed by atoms with Gasteiger partial charge in [-0.15, -0.1) is 0 Å². The van der Waals surface area contributed by atoms with E-state index in [2.05, 4.69) is 4.72 Å². The summed E-state index contributed by atoms with van der Waals surface area (Å²) in [5, 5.41) is 0. The average Bonchev–Trinajstić information content (AvgIpc) is 2.32. The quantitative estimate of drug-likeness (QED) is 0.794. The largest absolute Gasteiger partial charge is 0.397 e. The molecule has 8 heteroatoms. The molecule has 0 saturated carbocycles. The first-order valence-electron chi connectivity index (χ1n) is 6.71. The number of benzene rings is 1. The molecule has 3 N–H and O–H groups in total. The molecule has 118 valence electrons. The van der Waals surface area contributed by atoms with E-state index in [1.807, 2.05) is 0 Å². The molecule has 1 saturated heterocycles. The van der Waals surface area contributed by atoms with Crippen molar-refractivity contribution in [3.63, 3.8) is 0 Å². The van der Waals surface area contributed by atoms with E-state index in [1.165, 1.54) is 0 Å². The average molecular weight is 332 g/mol. The van der Waals surface area contributed by atoms with Gasteiger partial charge in [-0.3, -0.25) is 0 Å². The molecule has 0 spiro atoms. The molecule has 0 bridgehead atoms. The molecule has 21 heavy (non-hydrogen) atoms. The second kappa shape index (κ2) is 5.58. The van der Waals surface area contributed by atoms with E-state index < -0.39 is 25.9 Å². The third kappa shape index (κ3) is 3.56. The maximum atomic E-state index is 12.5. The zero-order valence-corrected chi connectivity index (χ0v) is 13.7. The van der Waals surface area contributed by atoms with Gasteiger partial charge in [0.25, 0.3) is 0 Å². The van der Waals surface area contributed by atoms with Crippen LogP contribution in [0.5, 0.6) is 0 Å². The zero-order chi connectivity index (χ0) is 15.8. The normalized spacial score (nSPS) is 22.1. The number of hydrogen-bond acceptors (Lipinski definition) is 5. The summed E-state index contributed by atoms with van der Waals surface area (Å²) in [5.74, 6) is -0.0339. The minimum Gasteiger partial charge on any atom is -0.397 e. The smallest absolute Gasteiger partial charge is 0.243 e. The van der Waals surface area contributed by atoms with Gasteiger partial charge in [0.05, 0.1) is 17.2 Å². The van der Waals surface area contributed by atoms with Gasteiger partial charge in [-0.1, -0.05) is 12.1 Å². The van der Waals surface area contributed by atoms with Crippen molar-refractivity contribution in [3.05, 3.63) is 23.3 Å². The van der Waals surface area contributed by atoms with Crippen molar-refractivity contribution in [3.8, 4) is 0 Å². The number of rotatable bonds is 3. The highest BCUT2D eigenvalue weighted by Crippen LogP contribution is 2.26. The first-order chi connectivity index (χ1) is 9.62. The summed E-state index contributed by atoms with van der Waals surface area (Å²) >= 11 is 0. The lowest BCUT2D eigenvalue weighted by molar-refractivity contribution is 0.517. The number of aryl methyl sites for hydroxylation is 2. The third-order valence-corrected chi connectivity index (χ3v) is 7.21. The zero-order valence-electron chi connectivity index (χ0n) is 12.1. The maximum Gasteiger partial charge on any atom is 0.243 e. The fourth-order valence-corrected chi connectivity index (χ4v) is 6.00. The Balaban J connectivity index is 2.34. The molecule has 1 atom stereocenters. The van der Waals surface area contributed by atoms with E-state index in [1.54, 1.807) is 26.0 Å². The number of nitrogens with one attached hydrogen (secondary N) is 1. The van der Waals surface area contributed by atoms with Crippen LogP contribution in [-0.2, 0) is 19.9 Å². The second-order valence-corrected chi connectivity index (χ2v) is 9.40. The Morgan fingerprint density at radius 2 is 1.86 bits per heavy atom. The van der Waals surface area contributed by atoms with Crippen molar-refractivity contribution in [1.82, 2.24) is 4.72 Å². The van der Waals surface area contributed by atoms with Gasteiger partial charge in [0.1, 0.15) is 4.90 Å². The second-order valence-electron chi connectivity index (χ2n) is 5.52. The van der Waals surface area contributed by atoms with Gasteiger partial charge in [0.2, 0.25) is 10.0 Å². The molecule has 2 rings (SSSR count). The third-order valence-electron chi connectivity index (χ3n) is 3.66. The fraction of sp³-hybridized carbons (Fsp3) is 0.538. The van der Waals surface area contributed by atoms with Crippen LogP contribution in [0.25, 0.3) is 0 Å². The van der Waals surface area contributed by atoms with Crippen LogP contribution in [0.1, 0.15) is 24.0 Å². The van der Waals surface area contributed by atoms with E-state index in [4.69, 9.17) is 5.73 Å². The Morgan fingerprint density at radius 3 is 2.48 bits per heavy atom. The van der Waals surface area contributed by atoms with Crippen molar-refractivity contribution < 1.29 is 16.8 Å². The first kappa shape index (κ1) is 16.3. The van der Waals surface area contributed by atoms with Crippen LogP contribution in [0.15, 0.2) is 17.0 Å². The van der Waals surface area contributed by atoms with E-state index in [0.29, 0.717) is 24.0 Å². The predicted octanol–water partition coefficient (Wildman–Crippen LogP) is 0.741. The van der Waals surface area contributed by atoms with Gasteiger partial charge in [-0.2, -0.15) is 0 Å². The molecule has 0 radical (unpaired) electrons. The minimum absolute atomic E-state index is 0.0467. The summed E-state index contributed by atoms with van der Waals surface area (Å²) in [7, 11) is -7.01. The summed E-state index contributed by atoms with van der Waals surface area (Å²) < 4.78 is 50.8. The minimum atomic E-state index is -3.83. The summed E-state index contributed by atoms with van der Waals surface area (Å²) in [4.78, 5) is 0.0467. The van der Waals surface area contributed by atoms with Gasteiger partial charge >= 0.3 is 0 Å². The van der Waals surface area contributed by atoms with Crippen LogP contribution in [0.2, 0.25) is 0 Å². The van der Waals surface area contributed by atoms with Crippen LogP contribution in [0.4, 0.5) is 5.69 Å². The molecule has 0 aromatic heterocycles. The number of hydrogen-bond donors (Lipinski definition) is 2. The van der Waals surface area contributed by atoms with E-state index in [9.17, 15) is 16.8 Å². The predicted molar refractivity (Wildman–Crippen MR) is 82.3 cm³/mol. The molecule has 1 aromatic rings. The lowest BCUT2D eigenvalue weighted by Crippen LogP contribution is -2.43. The van der Waals surface area contributed by atoms with Crippen LogP contribution < -0.4 is 10.5 Å². The molecule has 1 unspecified atom stereocenters. The van der Waals surface area contributed by atoms with E-state index >= 15 is 0 Å². The summed E-state index contributed by atoms with van der Waals surface area (Å²) in [5.41, 5.74) is 7.32. The van der Waals surface area contributed by atoms with Gasteiger partial charge in [-0.05, 0) is 37.8 Å². The van der Waals surface area contributed by atoms with Crippen LogP contribution in [-0.4, -0.2) is 34.4 Å². The number of nitrogen functional groups attached to an aromatic ring is 1. The molecular formula is C13H20N2O4S2. The standard InChI is InChI=1S/C13H20N2O4S2/c1-9-5-6-10(2)13(12(9)14)21(18,19)15-11-4-3-7-20(16,17)8-11/h5-6,11,15H,3-4,7-8,14H2,1-2H3. The fourth-order valence-electron chi connectivity index (χ4n) is 2.56. The molecule has 6 nitrogen and oxygen atoms in total. The van der Waals surface area contributed by atoms with Crippen LogP contribution >= 0.6 is 0 Å². The van der Waals surface area contributed by atoms with E-state index in [0.717, 1.165) is 0 Å². The van der Waals surface area contributed by atoms with Crippen molar-refractivity contribution >= 4 is 25.5 Å².